The Bertz CT molecular complexity index is 969. The van der Waals surface area contributed by atoms with Crippen molar-refractivity contribution >= 4 is 35.6 Å². The Kier molecular flexibility index (Phi) is 9.70. The van der Waals surface area contributed by atoms with Crippen LogP contribution in [0.2, 0.25) is 0 Å². The number of carbonyl (C=O) groups excluding carboxylic acids is 3. The molecule has 0 aliphatic carbocycles. The third-order valence-electron chi connectivity index (χ3n) is 5.46. The average molecular weight is 492 g/mol. The highest BCUT2D eigenvalue weighted by Gasteiger charge is 2.39. The van der Waals surface area contributed by atoms with Crippen molar-refractivity contribution in [1.29, 1.82) is 0 Å². The Morgan fingerprint density at radius 3 is 2.09 bits per heavy atom. The molecule has 0 radical (unpaired) electrons. The minimum atomic E-state index is -1.58. The van der Waals surface area contributed by atoms with Crippen LogP contribution in [0, 0.1) is 0 Å². The molecule has 13 heteroatoms. The number of hydrogen-bond acceptors (Lipinski definition) is 7. The normalized spacial score (nSPS) is 17.6. The van der Waals surface area contributed by atoms with Crippen LogP contribution in [0.3, 0.4) is 0 Å². The van der Waals surface area contributed by atoms with E-state index in [1.165, 1.54) is 0 Å². The number of hydrogen-bond donors (Lipinski definition) is 6. The van der Waals surface area contributed by atoms with Crippen molar-refractivity contribution in [1.82, 2.24) is 15.5 Å². The van der Waals surface area contributed by atoms with Gasteiger partial charge in [0.2, 0.25) is 17.7 Å². The molecule has 0 spiro atoms. The van der Waals surface area contributed by atoms with Gasteiger partial charge in [-0.3, -0.25) is 24.0 Å². The van der Waals surface area contributed by atoms with Crippen LogP contribution in [0.15, 0.2) is 30.3 Å². The van der Waals surface area contributed by atoms with Gasteiger partial charge >= 0.3 is 17.9 Å². The quantitative estimate of drug-likeness (QED) is 0.199. The maximum absolute atomic E-state index is 13.1. The number of rotatable bonds is 12. The van der Waals surface area contributed by atoms with E-state index in [9.17, 15) is 39.0 Å². The van der Waals surface area contributed by atoms with E-state index in [2.05, 4.69) is 10.6 Å². The standard InChI is InChI=1S/C22H28N4O9/c23-13(10-17(27)28)19(31)24-14(9-12-5-2-1-3-6-12)20(32)25-15(11-18(29)30)21(33)26-8-4-7-16(26)22(34)35/h1-3,5-6,13-16H,4,7-11,23H2,(H,24,31)(H,25,32)(H,27,28)(H,29,30)(H,34,35). The maximum Gasteiger partial charge on any atom is 0.326 e. The molecule has 1 aromatic carbocycles. The number of nitrogens with two attached hydrogens (primary N) is 1. The second-order valence-corrected chi connectivity index (χ2v) is 8.14. The molecule has 13 nitrogen and oxygen atoms in total. The number of amides is 3. The van der Waals surface area contributed by atoms with Gasteiger partial charge in [0, 0.05) is 13.0 Å². The predicted molar refractivity (Wildman–Crippen MR) is 119 cm³/mol. The largest absolute Gasteiger partial charge is 0.481 e. The predicted octanol–water partition coefficient (Wildman–Crippen LogP) is -1.45. The second-order valence-electron chi connectivity index (χ2n) is 8.14. The van der Waals surface area contributed by atoms with Crippen LogP contribution in [0.25, 0.3) is 0 Å². The van der Waals surface area contributed by atoms with Gasteiger partial charge in [-0.05, 0) is 18.4 Å². The van der Waals surface area contributed by atoms with Crippen molar-refractivity contribution in [2.24, 2.45) is 5.73 Å². The van der Waals surface area contributed by atoms with Crippen molar-refractivity contribution in [2.45, 2.75) is 56.3 Å². The summed E-state index contributed by atoms with van der Waals surface area (Å²) in [6.45, 7) is 0.0933. The number of benzene rings is 1. The van der Waals surface area contributed by atoms with E-state index in [0.717, 1.165) is 4.90 Å². The smallest absolute Gasteiger partial charge is 0.326 e. The molecule has 1 aromatic rings. The maximum atomic E-state index is 13.1. The van der Waals surface area contributed by atoms with E-state index >= 15 is 0 Å². The topological polar surface area (TPSA) is 216 Å². The highest BCUT2D eigenvalue weighted by molar-refractivity contribution is 5.96. The number of carbonyl (C=O) groups is 6. The lowest BCUT2D eigenvalue weighted by Crippen LogP contribution is -2.58. The fraction of sp³-hybridized carbons (Fsp3) is 0.455. The van der Waals surface area contributed by atoms with Crippen molar-refractivity contribution in [2.75, 3.05) is 6.54 Å². The Balaban J connectivity index is 2.24. The van der Waals surface area contributed by atoms with Crippen LogP contribution in [-0.2, 0) is 35.2 Å². The zero-order valence-corrected chi connectivity index (χ0v) is 18.8. The summed E-state index contributed by atoms with van der Waals surface area (Å²) >= 11 is 0. The fourth-order valence-corrected chi connectivity index (χ4v) is 3.75. The van der Waals surface area contributed by atoms with Gasteiger partial charge in [-0.25, -0.2) is 4.79 Å². The van der Waals surface area contributed by atoms with E-state index < -0.39 is 72.6 Å². The highest BCUT2D eigenvalue weighted by Crippen LogP contribution is 2.19. The van der Waals surface area contributed by atoms with Gasteiger partial charge < -0.3 is 36.6 Å². The van der Waals surface area contributed by atoms with Crippen molar-refractivity contribution in [3.05, 3.63) is 35.9 Å². The van der Waals surface area contributed by atoms with E-state index in [0.29, 0.717) is 12.0 Å². The van der Waals surface area contributed by atoms with Gasteiger partial charge in [-0.1, -0.05) is 30.3 Å². The Hall–Kier alpha value is -4.00. The summed E-state index contributed by atoms with van der Waals surface area (Å²) in [5.41, 5.74) is 6.20. The zero-order chi connectivity index (χ0) is 26.1. The summed E-state index contributed by atoms with van der Waals surface area (Å²) < 4.78 is 0. The lowest BCUT2D eigenvalue weighted by Gasteiger charge is -2.28. The van der Waals surface area contributed by atoms with Crippen LogP contribution in [0.1, 0.15) is 31.2 Å². The first kappa shape index (κ1) is 27.2. The van der Waals surface area contributed by atoms with E-state index in [1.54, 1.807) is 30.3 Å². The van der Waals surface area contributed by atoms with Crippen LogP contribution in [0.5, 0.6) is 0 Å². The molecule has 1 fully saturated rings. The summed E-state index contributed by atoms with van der Waals surface area (Å²) in [4.78, 5) is 73.2. The molecule has 4 unspecified atom stereocenters. The number of nitrogens with one attached hydrogen (secondary N) is 2. The Morgan fingerprint density at radius 2 is 1.51 bits per heavy atom. The molecule has 1 heterocycles. The minimum Gasteiger partial charge on any atom is -0.481 e. The first-order chi connectivity index (χ1) is 16.5. The van der Waals surface area contributed by atoms with Gasteiger partial charge in [0.05, 0.1) is 18.9 Å². The number of likely N-dealkylation sites (tertiary alicyclic amines) is 1. The van der Waals surface area contributed by atoms with Gasteiger partial charge in [-0.15, -0.1) is 0 Å². The van der Waals surface area contributed by atoms with Crippen molar-refractivity contribution in [3.8, 4) is 0 Å². The van der Waals surface area contributed by atoms with Gasteiger partial charge in [0.1, 0.15) is 18.1 Å². The van der Waals surface area contributed by atoms with Crippen LogP contribution < -0.4 is 16.4 Å². The molecule has 0 bridgehead atoms. The summed E-state index contributed by atoms with van der Waals surface area (Å²) in [5.74, 6) is -6.65. The molecule has 3 amide bonds. The Morgan fingerprint density at radius 1 is 0.914 bits per heavy atom. The molecule has 1 saturated heterocycles. The zero-order valence-electron chi connectivity index (χ0n) is 18.8. The molecular weight excluding hydrogens is 464 g/mol. The first-order valence-corrected chi connectivity index (χ1v) is 10.9. The Labute approximate surface area is 200 Å². The molecule has 1 aliphatic rings. The van der Waals surface area contributed by atoms with Crippen molar-refractivity contribution in [3.63, 3.8) is 0 Å². The molecule has 0 aromatic heterocycles. The average Bonchev–Trinajstić information content (AvgIpc) is 3.28. The van der Waals surface area contributed by atoms with Crippen molar-refractivity contribution < 1.29 is 44.1 Å². The lowest BCUT2D eigenvalue weighted by atomic mass is 10.0. The summed E-state index contributed by atoms with van der Waals surface area (Å²) in [5, 5.41) is 32.1. The molecule has 1 aliphatic heterocycles. The number of nitrogens with zero attached hydrogens (tertiary/aromatic N) is 1. The molecule has 7 N–H and O–H groups in total. The molecule has 35 heavy (non-hydrogen) atoms. The molecular formula is C22H28N4O9. The van der Waals surface area contributed by atoms with Crippen LogP contribution in [0.4, 0.5) is 0 Å². The lowest BCUT2D eigenvalue weighted by molar-refractivity contribution is -0.150. The van der Waals surface area contributed by atoms with Crippen LogP contribution in [-0.4, -0.2) is 86.6 Å². The summed E-state index contributed by atoms with van der Waals surface area (Å²) in [6.07, 6.45) is -0.948. The molecule has 190 valence electrons. The molecule has 4 atom stereocenters. The van der Waals surface area contributed by atoms with E-state index in [4.69, 9.17) is 10.8 Å². The number of carboxylic acid groups (broad SMARTS) is 3. The summed E-state index contributed by atoms with van der Waals surface area (Å²) in [7, 11) is 0. The van der Waals surface area contributed by atoms with E-state index in [-0.39, 0.29) is 19.4 Å². The third-order valence-corrected chi connectivity index (χ3v) is 5.46. The SMILES string of the molecule is NC(CC(=O)O)C(=O)NC(Cc1ccccc1)C(=O)NC(CC(=O)O)C(=O)N1CCCC1C(=O)O. The monoisotopic (exact) mass is 492 g/mol. The molecule has 2 rings (SSSR count). The summed E-state index contributed by atoms with van der Waals surface area (Å²) in [6, 6.07) is 2.98. The van der Waals surface area contributed by atoms with Gasteiger partial charge in [-0.2, -0.15) is 0 Å². The van der Waals surface area contributed by atoms with E-state index in [1.807, 2.05) is 0 Å². The molecule has 0 saturated carbocycles. The second kappa shape index (κ2) is 12.5. The van der Waals surface area contributed by atoms with Gasteiger partial charge in [0.25, 0.3) is 0 Å². The van der Waals surface area contributed by atoms with Crippen LogP contribution >= 0.6 is 0 Å². The van der Waals surface area contributed by atoms with Gasteiger partial charge in [0.15, 0.2) is 0 Å². The fourth-order valence-electron chi connectivity index (χ4n) is 3.75. The minimum absolute atomic E-state index is 0.0619. The number of aliphatic carboxylic acids is 3. The third kappa shape index (κ3) is 8.07. The number of carboxylic acids is 3. The first-order valence-electron chi connectivity index (χ1n) is 10.9. The highest BCUT2D eigenvalue weighted by atomic mass is 16.4.